The molecule has 1 heterocycles. The van der Waals surface area contributed by atoms with E-state index in [1.165, 1.54) is 45.6 Å². The first kappa shape index (κ1) is 12.3. The molecule has 2 unspecified atom stereocenters. The molecule has 94 valence electrons. The van der Waals surface area contributed by atoms with E-state index in [2.05, 4.69) is 36.0 Å². The minimum absolute atomic E-state index is 0.732. The lowest BCUT2D eigenvalue weighted by Gasteiger charge is -2.40. The molecule has 1 saturated carbocycles. The van der Waals surface area contributed by atoms with E-state index in [9.17, 15) is 0 Å². The maximum Gasteiger partial charge on any atom is 0.0220 e. The third-order valence-corrected chi connectivity index (χ3v) is 4.27. The number of likely N-dealkylation sites (N-methyl/N-ethyl adjacent to an activating group) is 2. The van der Waals surface area contributed by atoms with E-state index in [-0.39, 0.29) is 0 Å². The molecule has 0 aromatic carbocycles. The molecule has 0 aromatic heterocycles. The Morgan fingerprint density at radius 1 is 1.31 bits per heavy atom. The lowest BCUT2D eigenvalue weighted by atomic mass is 10.1. The molecule has 1 aliphatic heterocycles. The predicted octanol–water partition coefficient (Wildman–Crippen LogP) is 1.01. The van der Waals surface area contributed by atoms with Crippen molar-refractivity contribution >= 4 is 0 Å². The van der Waals surface area contributed by atoms with Crippen molar-refractivity contribution in [3.05, 3.63) is 0 Å². The highest BCUT2D eigenvalue weighted by atomic mass is 15.3. The van der Waals surface area contributed by atoms with Gasteiger partial charge in [-0.3, -0.25) is 9.80 Å². The molecule has 16 heavy (non-hydrogen) atoms. The van der Waals surface area contributed by atoms with Crippen molar-refractivity contribution in [2.45, 2.75) is 38.8 Å². The molecule has 0 bridgehead atoms. The van der Waals surface area contributed by atoms with Crippen LogP contribution in [0.15, 0.2) is 0 Å². The number of nitrogens with one attached hydrogen (secondary N) is 1. The number of hydrogen-bond acceptors (Lipinski definition) is 3. The summed E-state index contributed by atoms with van der Waals surface area (Å²) in [7, 11) is 2.12. The van der Waals surface area contributed by atoms with Crippen molar-refractivity contribution in [2.75, 3.05) is 39.8 Å². The second kappa shape index (κ2) is 5.48. The van der Waals surface area contributed by atoms with Gasteiger partial charge in [0.25, 0.3) is 0 Å². The quantitative estimate of drug-likeness (QED) is 0.753. The summed E-state index contributed by atoms with van der Waals surface area (Å²) in [6, 6.07) is 1.47. The molecule has 3 nitrogen and oxygen atoms in total. The van der Waals surface area contributed by atoms with Crippen LogP contribution in [0.2, 0.25) is 0 Å². The van der Waals surface area contributed by atoms with Gasteiger partial charge in [-0.1, -0.05) is 6.92 Å². The third-order valence-electron chi connectivity index (χ3n) is 4.27. The van der Waals surface area contributed by atoms with Crippen molar-refractivity contribution in [1.29, 1.82) is 0 Å². The van der Waals surface area contributed by atoms with Crippen LogP contribution in [0.4, 0.5) is 0 Å². The molecule has 0 amide bonds. The minimum Gasteiger partial charge on any atom is -0.315 e. The Balaban J connectivity index is 1.78. The van der Waals surface area contributed by atoms with Crippen molar-refractivity contribution in [1.82, 2.24) is 15.1 Å². The van der Waals surface area contributed by atoms with Crippen molar-refractivity contribution in [2.24, 2.45) is 5.92 Å². The molecule has 1 aliphatic carbocycles. The number of nitrogens with zero attached hydrogens (tertiary/aromatic N) is 2. The summed E-state index contributed by atoms with van der Waals surface area (Å²) in [6.45, 7) is 10.8. The average molecular weight is 225 g/mol. The summed E-state index contributed by atoms with van der Waals surface area (Å²) in [4.78, 5) is 5.23. The van der Waals surface area contributed by atoms with Gasteiger partial charge in [0, 0.05) is 38.3 Å². The van der Waals surface area contributed by atoms with E-state index in [1.807, 2.05) is 0 Å². The molecule has 1 saturated heterocycles. The summed E-state index contributed by atoms with van der Waals surface area (Å²) < 4.78 is 0. The molecule has 2 rings (SSSR count). The first-order valence-corrected chi connectivity index (χ1v) is 6.88. The predicted molar refractivity (Wildman–Crippen MR) is 68.7 cm³/mol. The van der Waals surface area contributed by atoms with Crippen LogP contribution in [0.25, 0.3) is 0 Å². The van der Waals surface area contributed by atoms with Crippen LogP contribution in [0.3, 0.4) is 0 Å². The van der Waals surface area contributed by atoms with Gasteiger partial charge in [0.2, 0.25) is 0 Å². The first-order valence-electron chi connectivity index (χ1n) is 6.88. The molecule has 1 N–H and O–H groups in total. The fourth-order valence-corrected chi connectivity index (χ4v) is 2.96. The topological polar surface area (TPSA) is 18.5 Å². The monoisotopic (exact) mass is 225 g/mol. The van der Waals surface area contributed by atoms with Gasteiger partial charge in [-0.25, -0.2) is 0 Å². The van der Waals surface area contributed by atoms with E-state index in [0.29, 0.717) is 0 Å². The smallest absolute Gasteiger partial charge is 0.0220 e. The van der Waals surface area contributed by atoms with E-state index < -0.39 is 0 Å². The Bertz CT molecular complexity index is 215. The third kappa shape index (κ3) is 2.96. The molecule has 2 atom stereocenters. The highest BCUT2D eigenvalue weighted by Gasteiger charge is 2.32. The highest BCUT2D eigenvalue weighted by molar-refractivity contribution is 4.89. The Kier molecular flexibility index (Phi) is 4.22. The molecule has 2 aliphatic rings. The van der Waals surface area contributed by atoms with Gasteiger partial charge < -0.3 is 5.32 Å². The first-order chi connectivity index (χ1) is 7.74. The van der Waals surface area contributed by atoms with Crippen LogP contribution in [0.5, 0.6) is 0 Å². The van der Waals surface area contributed by atoms with Gasteiger partial charge in [-0.15, -0.1) is 0 Å². The minimum atomic E-state index is 0.732. The summed E-state index contributed by atoms with van der Waals surface area (Å²) in [5.74, 6) is 0.963. The number of piperazine rings is 1. The molecular formula is C13H27N3. The normalized spacial score (nSPS) is 30.6. The molecule has 0 spiro atoms. The lowest BCUT2D eigenvalue weighted by molar-refractivity contribution is 0.0800. The van der Waals surface area contributed by atoms with Crippen LogP contribution in [-0.2, 0) is 0 Å². The van der Waals surface area contributed by atoms with E-state index >= 15 is 0 Å². The zero-order valence-corrected chi connectivity index (χ0v) is 11.1. The Morgan fingerprint density at radius 3 is 2.56 bits per heavy atom. The van der Waals surface area contributed by atoms with Gasteiger partial charge in [0.05, 0.1) is 0 Å². The summed E-state index contributed by atoms with van der Waals surface area (Å²) in [5.41, 5.74) is 0. The second-order valence-corrected chi connectivity index (χ2v) is 5.47. The summed E-state index contributed by atoms with van der Waals surface area (Å²) in [5, 5.41) is 3.50. The lowest BCUT2D eigenvalue weighted by Crippen LogP contribution is -2.54. The molecular weight excluding hydrogens is 198 g/mol. The zero-order valence-electron chi connectivity index (χ0n) is 11.1. The van der Waals surface area contributed by atoms with Gasteiger partial charge in [0.1, 0.15) is 0 Å². The van der Waals surface area contributed by atoms with Crippen molar-refractivity contribution < 1.29 is 0 Å². The van der Waals surface area contributed by atoms with Crippen LogP contribution in [0, 0.1) is 5.92 Å². The highest BCUT2D eigenvalue weighted by Crippen LogP contribution is 2.33. The van der Waals surface area contributed by atoms with Crippen LogP contribution in [-0.4, -0.2) is 61.7 Å². The Hall–Kier alpha value is -0.120. The standard InChI is InChI=1S/C13H27N3/c1-4-16-8-7-15(9-11(16)2)10-13(14-3)12-5-6-12/h11-14H,4-10H2,1-3H3. The maximum atomic E-state index is 3.50. The second-order valence-electron chi connectivity index (χ2n) is 5.47. The fraction of sp³-hybridized carbons (Fsp3) is 1.00. The molecule has 2 fully saturated rings. The molecule has 3 heteroatoms. The zero-order chi connectivity index (χ0) is 11.5. The van der Waals surface area contributed by atoms with Gasteiger partial charge in [0.15, 0.2) is 0 Å². The summed E-state index contributed by atoms with van der Waals surface area (Å²) >= 11 is 0. The van der Waals surface area contributed by atoms with Crippen LogP contribution >= 0.6 is 0 Å². The van der Waals surface area contributed by atoms with E-state index in [1.54, 1.807) is 0 Å². The number of rotatable bonds is 5. The maximum absolute atomic E-state index is 3.50. The van der Waals surface area contributed by atoms with Crippen molar-refractivity contribution in [3.8, 4) is 0 Å². The Morgan fingerprint density at radius 2 is 2.06 bits per heavy atom. The van der Waals surface area contributed by atoms with E-state index in [4.69, 9.17) is 0 Å². The SMILES string of the molecule is CCN1CCN(CC(NC)C2CC2)CC1C. The van der Waals surface area contributed by atoms with Gasteiger partial charge >= 0.3 is 0 Å². The average Bonchev–Trinajstić information content (AvgIpc) is 3.10. The van der Waals surface area contributed by atoms with Gasteiger partial charge in [-0.05, 0) is 39.3 Å². The summed E-state index contributed by atoms with van der Waals surface area (Å²) in [6.07, 6.45) is 2.88. The molecule has 0 radical (unpaired) electrons. The van der Waals surface area contributed by atoms with Crippen LogP contribution < -0.4 is 5.32 Å². The van der Waals surface area contributed by atoms with Crippen molar-refractivity contribution in [3.63, 3.8) is 0 Å². The van der Waals surface area contributed by atoms with Gasteiger partial charge in [-0.2, -0.15) is 0 Å². The fourth-order valence-electron chi connectivity index (χ4n) is 2.96. The van der Waals surface area contributed by atoms with E-state index in [0.717, 1.165) is 18.0 Å². The molecule has 0 aromatic rings. The van der Waals surface area contributed by atoms with Crippen LogP contribution in [0.1, 0.15) is 26.7 Å². The Labute approximate surface area is 100 Å². The largest absolute Gasteiger partial charge is 0.315 e. The number of hydrogen-bond donors (Lipinski definition) is 1.